The van der Waals surface area contributed by atoms with E-state index < -0.39 is 41.6 Å². The summed E-state index contributed by atoms with van der Waals surface area (Å²) in [6.07, 6.45) is 3.03. The predicted octanol–water partition coefficient (Wildman–Crippen LogP) is 3.09. The maximum atomic E-state index is 13.6. The highest BCUT2D eigenvalue weighted by Crippen LogP contribution is 2.32. The smallest absolute Gasteiger partial charge is 0.329 e. The normalized spacial score (nSPS) is 19.4. The molecule has 0 aliphatic carbocycles. The van der Waals surface area contributed by atoms with Crippen LogP contribution >= 0.6 is 27.7 Å². The monoisotopic (exact) mass is 592 g/mol. The summed E-state index contributed by atoms with van der Waals surface area (Å²) < 4.78 is 58.3. The number of hydrazine groups is 1. The first-order chi connectivity index (χ1) is 17.0. The molecule has 196 valence electrons. The van der Waals surface area contributed by atoms with E-state index in [4.69, 9.17) is 30.9 Å². The van der Waals surface area contributed by atoms with Crippen molar-refractivity contribution >= 4 is 39.4 Å². The molecule has 4 atom stereocenters. The Hall–Kier alpha value is -2.36. The van der Waals surface area contributed by atoms with Gasteiger partial charge in [-0.25, -0.2) is 23.8 Å². The van der Waals surface area contributed by atoms with Crippen molar-refractivity contribution in [3.63, 3.8) is 0 Å². The highest BCUT2D eigenvalue weighted by atomic mass is 79.9. The maximum Gasteiger partial charge on any atom is 0.329 e. The fourth-order valence-corrected chi connectivity index (χ4v) is 4.72. The molecule has 0 saturated carbocycles. The number of ether oxygens (including phenoxy) is 3. The summed E-state index contributed by atoms with van der Waals surface area (Å²) in [5, 5.41) is 10.2. The molecule has 5 N–H and O–H groups in total. The maximum absolute atomic E-state index is 13.6. The van der Waals surface area contributed by atoms with Crippen LogP contribution in [-0.2, 0) is 19.0 Å². The van der Waals surface area contributed by atoms with Crippen LogP contribution in [-0.4, -0.2) is 64.6 Å². The molecule has 0 spiro atoms. The highest BCUT2D eigenvalue weighted by Gasteiger charge is 2.36. The number of rotatable bonds is 12. The molecular formula is C22H24BrF3N4O5S. The van der Waals surface area contributed by atoms with Crippen molar-refractivity contribution in [3.8, 4) is 0 Å². The average Bonchev–Trinajstić information content (AvgIpc) is 2.81. The second kappa shape index (κ2) is 12.7. The number of hydrogen-bond donors (Lipinski definition) is 3. The van der Waals surface area contributed by atoms with Crippen molar-refractivity contribution in [2.75, 3.05) is 19.8 Å². The van der Waals surface area contributed by atoms with E-state index in [0.717, 1.165) is 21.6 Å². The fraction of sp³-hybridized carbons (Fsp3) is 0.364. The van der Waals surface area contributed by atoms with Crippen LogP contribution in [0.4, 0.5) is 13.2 Å². The number of pyridine rings is 1. The van der Waals surface area contributed by atoms with Crippen molar-refractivity contribution in [3.05, 3.63) is 64.3 Å². The van der Waals surface area contributed by atoms with Crippen molar-refractivity contribution in [1.82, 2.24) is 9.99 Å². The number of nitrogens with two attached hydrogens (primary N) is 2. The summed E-state index contributed by atoms with van der Waals surface area (Å²) in [7, 11) is 0. The molecule has 1 aliphatic heterocycles. The number of carboxylic acids is 1. The quantitative estimate of drug-likeness (QED) is 0.111. The number of aromatic nitrogens is 1. The number of benzene rings is 1. The average molecular weight is 593 g/mol. The van der Waals surface area contributed by atoms with E-state index in [0.29, 0.717) is 11.5 Å². The summed E-state index contributed by atoms with van der Waals surface area (Å²) in [5.74, 6) is 0.429. The number of aliphatic carboxylic acids is 1. The number of halogens is 4. The van der Waals surface area contributed by atoms with Gasteiger partial charge in [0.2, 0.25) is 0 Å². The van der Waals surface area contributed by atoms with Crippen molar-refractivity contribution < 1.29 is 37.3 Å². The van der Waals surface area contributed by atoms with E-state index >= 15 is 0 Å². The van der Waals surface area contributed by atoms with Crippen LogP contribution in [0.2, 0.25) is 0 Å². The summed E-state index contributed by atoms with van der Waals surface area (Å²) in [5.41, 5.74) is 4.87. The highest BCUT2D eigenvalue weighted by molar-refractivity contribution is 9.10. The lowest BCUT2D eigenvalue weighted by Gasteiger charge is -2.39. The minimum atomic E-state index is -1.62. The predicted molar refractivity (Wildman–Crippen MR) is 129 cm³/mol. The van der Waals surface area contributed by atoms with Crippen molar-refractivity contribution in [2.45, 2.75) is 35.6 Å². The van der Waals surface area contributed by atoms with Gasteiger partial charge in [0.05, 0.1) is 25.0 Å². The van der Waals surface area contributed by atoms with Crippen LogP contribution in [0, 0.1) is 17.5 Å². The summed E-state index contributed by atoms with van der Waals surface area (Å²) in [6.45, 7) is 1.42. The van der Waals surface area contributed by atoms with E-state index in [2.05, 4.69) is 20.9 Å². The lowest BCUT2D eigenvalue weighted by atomic mass is 10.1. The summed E-state index contributed by atoms with van der Waals surface area (Å²) in [6, 6.07) is 3.27. The fourth-order valence-electron chi connectivity index (χ4n) is 3.10. The number of carbonyl (C=O) groups is 1. The number of nitrogens with zero attached hydrogens (tertiary/aromatic N) is 2. The van der Waals surface area contributed by atoms with Crippen LogP contribution < -0.4 is 11.6 Å². The molecule has 0 bridgehead atoms. The molecule has 0 radical (unpaired) electrons. The van der Waals surface area contributed by atoms with E-state index in [9.17, 15) is 18.0 Å². The minimum Gasteiger partial charge on any atom is -0.480 e. The van der Waals surface area contributed by atoms with Crippen LogP contribution in [0.25, 0.3) is 5.70 Å². The third-order valence-electron chi connectivity index (χ3n) is 5.03. The topological polar surface area (TPSA) is 133 Å². The van der Waals surface area contributed by atoms with Gasteiger partial charge in [-0.3, -0.25) is 4.98 Å². The van der Waals surface area contributed by atoms with Crippen molar-refractivity contribution in [2.24, 2.45) is 11.6 Å². The third kappa shape index (κ3) is 7.82. The Labute approximate surface area is 217 Å². The Morgan fingerprint density at radius 1 is 1.36 bits per heavy atom. The van der Waals surface area contributed by atoms with Gasteiger partial charge in [-0.15, -0.1) is 0 Å². The summed E-state index contributed by atoms with van der Waals surface area (Å²) in [4.78, 5) is 16.1. The van der Waals surface area contributed by atoms with Gasteiger partial charge in [0.25, 0.3) is 0 Å². The van der Waals surface area contributed by atoms with Crippen LogP contribution in [0.3, 0.4) is 0 Å². The molecule has 1 saturated heterocycles. The van der Waals surface area contributed by atoms with Gasteiger partial charge in [-0.1, -0.05) is 11.8 Å². The zero-order valence-electron chi connectivity index (χ0n) is 18.9. The molecular weight excluding hydrogens is 569 g/mol. The molecule has 2 aromatic rings. The van der Waals surface area contributed by atoms with Gasteiger partial charge in [-0.2, -0.15) is 0 Å². The van der Waals surface area contributed by atoms with E-state index in [-0.39, 0.29) is 30.0 Å². The Morgan fingerprint density at radius 3 is 2.61 bits per heavy atom. The molecule has 1 aromatic carbocycles. The Kier molecular flexibility index (Phi) is 9.99. The van der Waals surface area contributed by atoms with Gasteiger partial charge in [-0.05, 0) is 41.1 Å². The first-order valence-electron chi connectivity index (χ1n) is 10.5. The van der Waals surface area contributed by atoms with E-state index in [1.807, 2.05) is 6.92 Å². The summed E-state index contributed by atoms with van der Waals surface area (Å²) >= 11 is 4.60. The molecule has 9 nitrogen and oxygen atoms in total. The molecule has 3 rings (SSSR count). The van der Waals surface area contributed by atoms with Crippen molar-refractivity contribution in [1.29, 1.82) is 0 Å². The van der Waals surface area contributed by atoms with E-state index in [1.165, 1.54) is 18.0 Å². The molecule has 1 aliphatic rings. The molecule has 3 unspecified atom stereocenters. The number of carboxylic acid groups (broad SMARTS) is 1. The first kappa shape index (κ1) is 28.2. The second-order valence-electron chi connectivity index (χ2n) is 7.82. The molecule has 1 aromatic heterocycles. The lowest BCUT2D eigenvalue weighted by molar-refractivity contribution is -0.201. The van der Waals surface area contributed by atoms with Gasteiger partial charge in [0, 0.05) is 33.5 Å². The van der Waals surface area contributed by atoms with Gasteiger partial charge >= 0.3 is 5.97 Å². The standard InChI is InChI=1S/C22H24BrF3N4O5S/c1-11-19(9-33-11)35-22(36-14-4-13(23)5-29-6-14)18(34-10-20(31)32)8-30(28)7-17(27)12-2-15(24)21(26)16(25)3-12/h2-7,11,18-19,22H,8-10,27-28H2,1H3,(H,31,32)/b17-7-/t11?,18-,19?,22?/m0/s1. The van der Waals surface area contributed by atoms with Gasteiger partial charge in [0.15, 0.2) is 17.5 Å². The van der Waals surface area contributed by atoms with Crippen LogP contribution in [0.1, 0.15) is 12.5 Å². The minimum absolute atomic E-state index is 0.124. The number of hydrogen-bond acceptors (Lipinski definition) is 9. The lowest BCUT2D eigenvalue weighted by Crippen LogP contribution is -2.50. The largest absolute Gasteiger partial charge is 0.480 e. The van der Waals surface area contributed by atoms with Gasteiger partial charge < -0.3 is 30.1 Å². The van der Waals surface area contributed by atoms with E-state index in [1.54, 1.807) is 18.5 Å². The Balaban J connectivity index is 1.83. The second-order valence-corrected chi connectivity index (χ2v) is 9.90. The molecule has 36 heavy (non-hydrogen) atoms. The molecule has 2 heterocycles. The molecule has 1 fully saturated rings. The van der Waals surface area contributed by atoms with Gasteiger partial charge in [0.1, 0.15) is 24.3 Å². The third-order valence-corrected chi connectivity index (χ3v) is 6.60. The Bertz CT molecular complexity index is 1090. The number of thioether (sulfide) groups is 1. The first-order valence-corrected chi connectivity index (χ1v) is 12.2. The molecule has 0 amide bonds. The molecule has 14 heteroatoms. The Morgan fingerprint density at radius 2 is 2.06 bits per heavy atom. The van der Waals surface area contributed by atoms with Crippen LogP contribution in [0.15, 0.2) is 46.2 Å². The zero-order chi connectivity index (χ0) is 26.4. The SMILES string of the molecule is CC1OCC1OC(Sc1cncc(Br)c1)[C@H](CN(N)/C=C(\N)c1cc(F)c(F)c(F)c1)OCC(=O)O. The zero-order valence-corrected chi connectivity index (χ0v) is 21.3. The van der Waals surface area contributed by atoms with Crippen LogP contribution in [0.5, 0.6) is 0 Å².